The summed E-state index contributed by atoms with van der Waals surface area (Å²) in [4.78, 5) is 44.9. The molecule has 0 saturated heterocycles. The average molecular weight is 344 g/mol. The Morgan fingerprint density at radius 3 is 1.38 bits per heavy atom. The van der Waals surface area contributed by atoms with Crippen molar-refractivity contribution in [2.24, 2.45) is 0 Å². The lowest BCUT2D eigenvalue weighted by molar-refractivity contribution is -0.157. The minimum absolute atomic E-state index is 0.267. The molecule has 0 aromatic heterocycles. The lowest BCUT2D eigenvalue weighted by Gasteiger charge is -2.04. The third-order valence-corrected chi connectivity index (χ3v) is 2.54. The number of carbonyl (C=O) groups is 4. The second-order valence-electron chi connectivity index (χ2n) is 4.70. The molecular formula is C16H24O8. The van der Waals surface area contributed by atoms with Crippen molar-refractivity contribution in [3.8, 4) is 0 Å². The Bertz CT molecular complexity index is 401. The Morgan fingerprint density at radius 1 is 0.667 bits per heavy atom. The van der Waals surface area contributed by atoms with Gasteiger partial charge in [0, 0.05) is 12.2 Å². The molecule has 8 nitrogen and oxygen atoms in total. The average Bonchev–Trinajstić information content (AvgIpc) is 2.56. The van der Waals surface area contributed by atoms with Crippen LogP contribution in [0.25, 0.3) is 0 Å². The molecule has 24 heavy (non-hydrogen) atoms. The molecule has 0 atom stereocenters. The van der Waals surface area contributed by atoms with Crippen molar-refractivity contribution < 1.29 is 38.1 Å². The van der Waals surface area contributed by atoms with Crippen molar-refractivity contribution in [2.45, 2.75) is 39.5 Å². The summed E-state index contributed by atoms with van der Waals surface area (Å²) in [6.07, 6.45) is 4.81. The first-order valence-corrected chi connectivity index (χ1v) is 7.82. The summed E-state index contributed by atoms with van der Waals surface area (Å²) in [5, 5.41) is 0. The van der Waals surface area contributed by atoms with Crippen molar-refractivity contribution in [3.63, 3.8) is 0 Å². The van der Waals surface area contributed by atoms with E-state index in [0.717, 1.165) is 37.8 Å². The monoisotopic (exact) mass is 344 g/mol. The normalized spacial score (nSPS) is 10.2. The van der Waals surface area contributed by atoms with E-state index in [4.69, 9.17) is 9.47 Å². The molecule has 0 N–H and O–H groups in total. The van der Waals surface area contributed by atoms with Crippen molar-refractivity contribution in [3.05, 3.63) is 12.2 Å². The smallest absolute Gasteiger partial charge is 0.344 e. The van der Waals surface area contributed by atoms with Gasteiger partial charge in [-0.2, -0.15) is 0 Å². The molecule has 0 aliphatic rings. The predicted molar refractivity (Wildman–Crippen MR) is 82.8 cm³/mol. The minimum atomic E-state index is -0.898. The summed E-state index contributed by atoms with van der Waals surface area (Å²) >= 11 is 0. The first-order chi connectivity index (χ1) is 11.5. The van der Waals surface area contributed by atoms with Gasteiger partial charge in [0.05, 0.1) is 13.2 Å². The summed E-state index contributed by atoms with van der Waals surface area (Å²) in [5.74, 6) is -3.12. The van der Waals surface area contributed by atoms with E-state index in [1.807, 2.05) is 13.8 Å². The largest absolute Gasteiger partial charge is 0.463 e. The highest BCUT2D eigenvalue weighted by Gasteiger charge is 2.08. The molecule has 0 bridgehead atoms. The molecule has 0 aromatic carbocycles. The molecule has 0 amide bonds. The molecule has 0 rings (SSSR count). The number of unbranched alkanes of at least 4 members (excludes halogenated alkanes) is 2. The molecule has 0 radical (unpaired) electrons. The van der Waals surface area contributed by atoms with Crippen molar-refractivity contribution in [2.75, 3.05) is 26.4 Å². The summed E-state index contributed by atoms with van der Waals surface area (Å²) < 4.78 is 18.7. The second-order valence-corrected chi connectivity index (χ2v) is 4.70. The van der Waals surface area contributed by atoms with Gasteiger partial charge in [-0.3, -0.25) is 0 Å². The molecule has 0 aliphatic heterocycles. The SMILES string of the molecule is CCCCOC(=O)COC(=O)/C=C/C(=O)OCC(=O)OCCCC. The van der Waals surface area contributed by atoms with E-state index in [-0.39, 0.29) is 13.2 Å². The van der Waals surface area contributed by atoms with Crippen LogP contribution in [0.15, 0.2) is 12.2 Å². The lowest BCUT2D eigenvalue weighted by Crippen LogP contribution is -2.17. The van der Waals surface area contributed by atoms with Gasteiger partial charge in [-0.15, -0.1) is 0 Å². The van der Waals surface area contributed by atoms with Crippen LogP contribution in [0, 0.1) is 0 Å². The maximum atomic E-state index is 11.3. The quantitative estimate of drug-likeness (QED) is 0.226. The molecular weight excluding hydrogens is 320 g/mol. The molecule has 0 aromatic rings. The topological polar surface area (TPSA) is 105 Å². The number of esters is 4. The maximum Gasteiger partial charge on any atom is 0.344 e. The standard InChI is InChI=1S/C16H24O8/c1-3-5-9-21-15(19)11-23-13(17)7-8-14(18)24-12-16(20)22-10-6-4-2/h7-8H,3-6,9-12H2,1-2H3/b8-7+. The summed E-state index contributed by atoms with van der Waals surface area (Å²) in [5.41, 5.74) is 0. The number of ether oxygens (including phenoxy) is 4. The molecule has 0 aliphatic carbocycles. The van der Waals surface area contributed by atoms with Gasteiger partial charge >= 0.3 is 23.9 Å². The van der Waals surface area contributed by atoms with Crippen LogP contribution in [-0.2, 0) is 38.1 Å². The lowest BCUT2D eigenvalue weighted by atomic mass is 10.4. The van der Waals surface area contributed by atoms with E-state index < -0.39 is 37.1 Å². The highest BCUT2D eigenvalue weighted by molar-refractivity contribution is 5.93. The van der Waals surface area contributed by atoms with Crippen LogP contribution in [0.1, 0.15) is 39.5 Å². The van der Waals surface area contributed by atoms with Crippen molar-refractivity contribution >= 4 is 23.9 Å². The molecule has 8 heteroatoms. The number of hydrogen-bond acceptors (Lipinski definition) is 8. The van der Waals surface area contributed by atoms with E-state index >= 15 is 0 Å². The van der Waals surface area contributed by atoms with E-state index in [1.54, 1.807) is 0 Å². The third-order valence-electron chi connectivity index (χ3n) is 2.54. The Balaban J connectivity index is 3.86. The summed E-state index contributed by atoms with van der Waals surface area (Å²) in [6.45, 7) is 3.36. The fourth-order valence-corrected chi connectivity index (χ4v) is 1.24. The van der Waals surface area contributed by atoms with Crippen LogP contribution in [-0.4, -0.2) is 50.3 Å². The molecule has 0 fully saturated rings. The van der Waals surface area contributed by atoms with Gasteiger partial charge in [0.2, 0.25) is 0 Å². The van der Waals surface area contributed by atoms with E-state index in [2.05, 4.69) is 9.47 Å². The zero-order valence-electron chi connectivity index (χ0n) is 14.1. The number of rotatable bonds is 12. The maximum absolute atomic E-state index is 11.3. The molecule has 136 valence electrons. The highest BCUT2D eigenvalue weighted by atomic mass is 16.6. The van der Waals surface area contributed by atoms with Gasteiger partial charge in [0.15, 0.2) is 13.2 Å². The fraction of sp³-hybridized carbons (Fsp3) is 0.625. The first kappa shape index (κ1) is 21.6. The van der Waals surface area contributed by atoms with E-state index in [9.17, 15) is 19.2 Å². The Morgan fingerprint density at radius 2 is 1.04 bits per heavy atom. The van der Waals surface area contributed by atoms with Crippen LogP contribution >= 0.6 is 0 Å². The summed E-state index contributed by atoms with van der Waals surface area (Å²) in [6, 6.07) is 0. The molecule has 0 unspecified atom stereocenters. The van der Waals surface area contributed by atoms with Gasteiger partial charge in [-0.05, 0) is 12.8 Å². The van der Waals surface area contributed by atoms with Crippen molar-refractivity contribution in [1.29, 1.82) is 0 Å². The van der Waals surface area contributed by atoms with Crippen LogP contribution in [0.2, 0.25) is 0 Å². The second kappa shape index (κ2) is 14.2. The fourth-order valence-electron chi connectivity index (χ4n) is 1.24. The van der Waals surface area contributed by atoms with Gasteiger partial charge in [-0.25, -0.2) is 19.2 Å². The van der Waals surface area contributed by atoms with Crippen LogP contribution in [0.5, 0.6) is 0 Å². The van der Waals surface area contributed by atoms with Gasteiger partial charge < -0.3 is 18.9 Å². The van der Waals surface area contributed by atoms with Crippen LogP contribution < -0.4 is 0 Å². The Hall–Kier alpha value is -2.38. The number of carbonyl (C=O) groups excluding carboxylic acids is 4. The van der Waals surface area contributed by atoms with Crippen LogP contribution in [0.4, 0.5) is 0 Å². The zero-order valence-corrected chi connectivity index (χ0v) is 14.1. The van der Waals surface area contributed by atoms with E-state index in [0.29, 0.717) is 0 Å². The third kappa shape index (κ3) is 13.3. The molecule has 0 spiro atoms. The molecule has 0 heterocycles. The Labute approximate surface area is 141 Å². The van der Waals surface area contributed by atoms with Gasteiger partial charge in [-0.1, -0.05) is 26.7 Å². The highest BCUT2D eigenvalue weighted by Crippen LogP contribution is 1.92. The van der Waals surface area contributed by atoms with Crippen molar-refractivity contribution in [1.82, 2.24) is 0 Å². The molecule has 0 saturated carbocycles. The van der Waals surface area contributed by atoms with E-state index in [1.165, 1.54) is 0 Å². The zero-order chi connectivity index (χ0) is 18.2. The number of hydrogen-bond donors (Lipinski definition) is 0. The van der Waals surface area contributed by atoms with Crippen LogP contribution in [0.3, 0.4) is 0 Å². The van der Waals surface area contributed by atoms with Gasteiger partial charge in [0.25, 0.3) is 0 Å². The minimum Gasteiger partial charge on any atom is -0.463 e. The summed E-state index contributed by atoms with van der Waals surface area (Å²) in [7, 11) is 0. The Kier molecular flexibility index (Phi) is 12.8. The van der Waals surface area contributed by atoms with Gasteiger partial charge in [0.1, 0.15) is 0 Å². The first-order valence-electron chi connectivity index (χ1n) is 7.82. The predicted octanol–water partition coefficient (Wildman–Crippen LogP) is 1.32.